The van der Waals surface area contributed by atoms with E-state index in [2.05, 4.69) is 13.2 Å². The van der Waals surface area contributed by atoms with E-state index in [9.17, 15) is 19.8 Å². The molecular weight excluding hydrogens is 346 g/mol. The zero-order valence-corrected chi connectivity index (χ0v) is 15.5. The van der Waals surface area contributed by atoms with Gasteiger partial charge in [-0.1, -0.05) is 73.8 Å². The van der Waals surface area contributed by atoms with E-state index in [1.807, 2.05) is 12.1 Å². The number of carbonyl (C=O) groups is 2. The summed E-state index contributed by atoms with van der Waals surface area (Å²) in [6.45, 7) is 6.72. The van der Waals surface area contributed by atoms with Crippen LogP contribution in [-0.4, -0.2) is 11.9 Å². The smallest absolute Gasteiger partial charge is 0.545 e. The Morgan fingerprint density at radius 3 is 1.13 bits per heavy atom. The van der Waals surface area contributed by atoms with Crippen LogP contribution in [-0.2, 0) is 29.1 Å². The zero-order chi connectivity index (χ0) is 16.5. The fourth-order valence-corrected chi connectivity index (χ4v) is 1.51. The van der Waals surface area contributed by atoms with Crippen LogP contribution in [0.15, 0.2) is 73.8 Å². The molecule has 0 spiro atoms. The Bertz CT molecular complexity index is 617. The van der Waals surface area contributed by atoms with Crippen molar-refractivity contribution in [3.63, 3.8) is 0 Å². The topological polar surface area (TPSA) is 80.3 Å². The van der Waals surface area contributed by atoms with Crippen molar-refractivity contribution < 1.29 is 39.3 Å². The Kier molecular flexibility index (Phi) is 9.13. The van der Waals surface area contributed by atoms with Crippen molar-refractivity contribution in [1.29, 1.82) is 0 Å². The average Bonchev–Trinajstić information content (AvgIpc) is 2.55. The third-order valence-electron chi connectivity index (χ3n) is 2.74. The Morgan fingerprint density at radius 1 is 0.652 bits per heavy atom. The number of hydrogen-bond donors (Lipinski definition) is 0. The van der Waals surface area contributed by atoms with Crippen LogP contribution in [0.4, 0.5) is 0 Å². The van der Waals surface area contributed by atoms with Gasteiger partial charge in [-0.2, -0.15) is 0 Å². The Morgan fingerprint density at radius 2 is 0.913 bits per heavy atom. The van der Waals surface area contributed by atoms with Gasteiger partial charge in [0.1, 0.15) is 0 Å². The molecule has 0 amide bonds. The molecule has 0 bridgehead atoms. The van der Waals surface area contributed by atoms with Crippen LogP contribution >= 0.6 is 0 Å². The number of carbonyl (C=O) groups excluding carboxylic acids is 2. The van der Waals surface area contributed by atoms with E-state index in [1.165, 1.54) is 0 Å². The quantitative estimate of drug-likeness (QED) is 0.600. The summed E-state index contributed by atoms with van der Waals surface area (Å²) in [7, 11) is 0. The molecule has 2 aromatic carbocycles. The van der Waals surface area contributed by atoms with Gasteiger partial charge in [0, 0.05) is 0 Å². The fraction of sp³-hybridized carbons (Fsp3) is 0. The summed E-state index contributed by atoms with van der Waals surface area (Å²) in [4.78, 5) is 20.6. The normalized spacial score (nSPS) is 8.70. The molecule has 112 valence electrons. The molecule has 23 heavy (non-hydrogen) atoms. The SMILES string of the molecule is C=C(C(=O)[O-])c1ccccc1.C=C(C(=O)[O-])c1ccccc1.[Zn+2]. The number of carboxylic acids is 2. The van der Waals surface area contributed by atoms with E-state index in [1.54, 1.807) is 48.5 Å². The second-order valence-electron chi connectivity index (χ2n) is 4.26. The summed E-state index contributed by atoms with van der Waals surface area (Å²) in [5.74, 6) is -2.45. The van der Waals surface area contributed by atoms with Crippen molar-refractivity contribution in [2.45, 2.75) is 0 Å². The van der Waals surface area contributed by atoms with Gasteiger partial charge in [0.05, 0.1) is 11.9 Å². The summed E-state index contributed by atoms with van der Waals surface area (Å²) < 4.78 is 0. The second kappa shape index (κ2) is 10.2. The summed E-state index contributed by atoms with van der Waals surface area (Å²) >= 11 is 0. The van der Waals surface area contributed by atoms with Gasteiger partial charge >= 0.3 is 19.5 Å². The molecule has 0 radical (unpaired) electrons. The molecule has 0 heterocycles. The van der Waals surface area contributed by atoms with Gasteiger partial charge < -0.3 is 19.8 Å². The molecule has 0 aliphatic carbocycles. The van der Waals surface area contributed by atoms with Crippen LogP contribution < -0.4 is 10.2 Å². The Labute approximate surface area is 147 Å². The number of benzene rings is 2. The zero-order valence-electron chi connectivity index (χ0n) is 12.5. The van der Waals surface area contributed by atoms with Gasteiger partial charge in [-0.05, 0) is 22.3 Å². The van der Waals surface area contributed by atoms with Gasteiger partial charge in [0.2, 0.25) is 0 Å². The first-order valence-corrected chi connectivity index (χ1v) is 6.34. The van der Waals surface area contributed by atoms with E-state index >= 15 is 0 Å². The van der Waals surface area contributed by atoms with Crippen molar-refractivity contribution in [3.05, 3.63) is 84.9 Å². The summed E-state index contributed by atoms with van der Waals surface area (Å²) in [5, 5.41) is 20.6. The molecule has 0 saturated carbocycles. The molecule has 4 nitrogen and oxygen atoms in total. The first-order valence-electron chi connectivity index (χ1n) is 6.34. The fourth-order valence-electron chi connectivity index (χ4n) is 1.51. The first-order chi connectivity index (χ1) is 10.4. The minimum Gasteiger partial charge on any atom is -0.545 e. The number of hydrogen-bond acceptors (Lipinski definition) is 4. The predicted octanol–water partition coefficient (Wildman–Crippen LogP) is 0.897. The molecule has 0 aliphatic heterocycles. The summed E-state index contributed by atoms with van der Waals surface area (Å²) in [5.41, 5.74) is 1.22. The standard InChI is InChI=1S/2C9H8O2.Zn/c2*1-7(9(10)11)8-5-3-2-4-6-8;/h2*2-6H,1H2,(H,10,11);/q;;+2/p-2. The summed E-state index contributed by atoms with van der Waals surface area (Å²) in [6.07, 6.45) is 0. The number of carboxylic acid groups (broad SMARTS) is 2. The van der Waals surface area contributed by atoms with Gasteiger partial charge in [-0.25, -0.2) is 0 Å². The van der Waals surface area contributed by atoms with E-state index in [4.69, 9.17) is 0 Å². The molecule has 0 fully saturated rings. The molecule has 0 N–H and O–H groups in total. The van der Waals surface area contributed by atoms with Crippen molar-refractivity contribution >= 4 is 23.1 Å². The maximum absolute atomic E-state index is 10.3. The molecule has 0 atom stereocenters. The molecule has 0 unspecified atom stereocenters. The van der Waals surface area contributed by atoms with Crippen molar-refractivity contribution in [3.8, 4) is 0 Å². The number of rotatable bonds is 4. The Hall–Kier alpha value is -2.52. The first kappa shape index (κ1) is 20.5. The van der Waals surface area contributed by atoms with E-state index in [0.29, 0.717) is 11.1 Å². The summed E-state index contributed by atoms with van der Waals surface area (Å²) in [6, 6.07) is 17.4. The monoisotopic (exact) mass is 358 g/mol. The average molecular weight is 360 g/mol. The predicted molar refractivity (Wildman–Crippen MR) is 81.0 cm³/mol. The van der Waals surface area contributed by atoms with Gasteiger partial charge in [-0.3, -0.25) is 0 Å². The van der Waals surface area contributed by atoms with Crippen LogP contribution in [0.5, 0.6) is 0 Å². The number of aliphatic carboxylic acids is 2. The molecule has 2 rings (SSSR count). The molecule has 0 saturated heterocycles. The Balaban J connectivity index is 0.000000403. The minimum atomic E-state index is -1.23. The van der Waals surface area contributed by atoms with Crippen molar-refractivity contribution in [2.24, 2.45) is 0 Å². The van der Waals surface area contributed by atoms with Crippen LogP contribution in [0.3, 0.4) is 0 Å². The van der Waals surface area contributed by atoms with Crippen LogP contribution in [0, 0.1) is 0 Å². The molecule has 5 heteroatoms. The molecule has 0 aliphatic rings. The van der Waals surface area contributed by atoms with Gasteiger partial charge in [0.15, 0.2) is 0 Å². The van der Waals surface area contributed by atoms with Crippen LogP contribution in [0.1, 0.15) is 11.1 Å². The third-order valence-corrected chi connectivity index (χ3v) is 2.74. The van der Waals surface area contributed by atoms with Crippen molar-refractivity contribution in [2.75, 3.05) is 0 Å². The maximum Gasteiger partial charge on any atom is 2.00 e. The van der Waals surface area contributed by atoms with Crippen LogP contribution in [0.25, 0.3) is 11.1 Å². The molecule has 0 aromatic heterocycles. The van der Waals surface area contributed by atoms with E-state index < -0.39 is 11.9 Å². The largest absolute Gasteiger partial charge is 2.00 e. The minimum absolute atomic E-state index is 0. The third kappa shape index (κ3) is 6.85. The second-order valence-corrected chi connectivity index (χ2v) is 4.26. The molecular formula is C18H14O4Zn. The van der Waals surface area contributed by atoms with Gasteiger partial charge in [-0.15, -0.1) is 0 Å². The molecule has 2 aromatic rings. The van der Waals surface area contributed by atoms with Crippen molar-refractivity contribution in [1.82, 2.24) is 0 Å². The van der Waals surface area contributed by atoms with E-state index in [0.717, 1.165) is 0 Å². The van der Waals surface area contributed by atoms with Gasteiger partial charge in [0.25, 0.3) is 0 Å². The van der Waals surface area contributed by atoms with Crippen LogP contribution in [0.2, 0.25) is 0 Å². The maximum atomic E-state index is 10.3. The van der Waals surface area contributed by atoms with E-state index in [-0.39, 0.29) is 30.6 Å².